The molecule has 24 heavy (non-hydrogen) atoms. The Morgan fingerprint density at radius 1 is 1.08 bits per heavy atom. The molecule has 0 aliphatic rings. The molecule has 0 N–H and O–H groups in total. The van der Waals surface area contributed by atoms with Crippen molar-refractivity contribution in [1.82, 2.24) is 19.7 Å². The van der Waals surface area contributed by atoms with Gasteiger partial charge in [0.15, 0.2) is 0 Å². The summed E-state index contributed by atoms with van der Waals surface area (Å²) in [7, 11) is 0. The van der Waals surface area contributed by atoms with Gasteiger partial charge in [0.2, 0.25) is 5.82 Å². The maximum absolute atomic E-state index is 13.3. The molecule has 0 spiro atoms. The summed E-state index contributed by atoms with van der Waals surface area (Å²) in [4.78, 5) is 8.78. The molecule has 6 heteroatoms. The Kier molecular flexibility index (Phi) is 3.37. The van der Waals surface area contributed by atoms with Crippen LogP contribution in [-0.2, 0) is 0 Å². The lowest BCUT2D eigenvalue weighted by Crippen LogP contribution is -1.98. The Morgan fingerprint density at radius 2 is 1.96 bits per heavy atom. The third-order valence-electron chi connectivity index (χ3n) is 3.89. The minimum Gasteiger partial charge on any atom is -0.334 e. The van der Waals surface area contributed by atoms with Crippen molar-refractivity contribution in [3.8, 4) is 22.8 Å². The third-order valence-corrected chi connectivity index (χ3v) is 3.89. The van der Waals surface area contributed by atoms with E-state index in [0.29, 0.717) is 23.3 Å². The number of fused-ring (bicyclic) bond motifs is 1. The predicted octanol–water partition coefficient (Wildman–Crippen LogP) is 4.47. The molecule has 120 valence electrons. The van der Waals surface area contributed by atoms with Gasteiger partial charge in [0.05, 0.1) is 17.4 Å². The van der Waals surface area contributed by atoms with Gasteiger partial charge in [0, 0.05) is 17.2 Å². The van der Waals surface area contributed by atoms with Crippen molar-refractivity contribution in [2.24, 2.45) is 0 Å². The number of hydrogen-bond acceptors (Lipinski definition) is 4. The molecule has 0 saturated carbocycles. The molecule has 2 heterocycles. The zero-order valence-corrected chi connectivity index (χ0v) is 13.3. The molecule has 2 aromatic heterocycles. The van der Waals surface area contributed by atoms with Crippen LogP contribution < -0.4 is 0 Å². The molecule has 0 unspecified atom stereocenters. The smallest absolute Gasteiger partial charge is 0.258 e. The van der Waals surface area contributed by atoms with E-state index in [4.69, 9.17) is 4.52 Å². The normalized spacial score (nSPS) is 11.5. The van der Waals surface area contributed by atoms with E-state index in [0.717, 1.165) is 16.6 Å². The molecule has 0 atom stereocenters. The second-order valence-electron chi connectivity index (χ2n) is 5.88. The van der Waals surface area contributed by atoms with Gasteiger partial charge < -0.3 is 9.09 Å². The fourth-order valence-electron chi connectivity index (χ4n) is 2.66. The van der Waals surface area contributed by atoms with E-state index >= 15 is 0 Å². The Bertz CT molecular complexity index is 1020. The van der Waals surface area contributed by atoms with Crippen molar-refractivity contribution in [3.05, 3.63) is 54.6 Å². The number of hydrogen-bond donors (Lipinski definition) is 0. The van der Waals surface area contributed by atoms with Gasteiger partial charge in [0.1, 0.15) is 5.82 Å². The fourth-order valence-corrected chi connectivity index (χ4v) is 2.66. The molecule has 0 radical (unpaired) electrons. The van der Waals surface area contributed by atoms with Crippen LogP contribution in [0.2, 0.25) is 0 Å². The van der Waals surface area contributed by atoms with Crippen molar-refractivity contribution < 1.29 is 8.91 Å². The fraction of sp³-hybridized carbons (Fsp3) is 0.167. The van der Waals surface area contributed by atoms with Gasteiger partial charge in [-0.2, -0.15) is 4.98 Å². The molecular weight excluding hydrogens is 307 g/mol. The van der Waals surface area contributed by atoms with Gasteiger partial charge in [-0.1, -0.05) is 11.2 Å². The third kappa shape index (κ3) is 2.46. The van der Waals surface area contributed by atoms with Crippen LogP contribution in [0, 0.1) is 5.82 Å². The lowest BCUT2D eigenvalue weighted by atomic mass is 10.2. The van der Waals surface area contributed by atoms with E-state index in [1.807, 2.05) is 24.5 Å². The second kappa shape index (κ2) is 5.56. The number of benzene rings is 2. The zero-order valence-electron chi connectivity index (χ0n) is 13.3. The van der Waals surface area contributed by atoms with Crippen molar-refractivity contribution in [2.75, 3.05) is 0 Å². The highest BCUT2D eigenvalue weighted by atomic mass is 19.1. The maximum atomic E-state index is 13.3. The molecule has 5 nitrogen and oxygen atoms in total. The SMILES string of the molecule is CC(C)n1cnc2ccc(-c3noc(-c4cccc(F)c4)n3)cc21. The number of halogens is 1. The highest BCUT2D eigenvalue weighted by molar-refractivity contribution is 5.81. The maximum Gasteiger partial charge on any atom is 0.258 e. The summed E-state index contributed by atoms with van der Waals surface area (Å²) in [6.07, 6.45) is 1.83. The van der Waals surface area contributed by atoms with Crippen molar-refractivity contribution >= 4 is 11.0 Å². The molecule has 4 aromatic rings. The first-order chi connectivity index (χ1) is 11.6. The van der Waals surface area contributed by atoms with Crippen LogP contribution in [-0.4, -0.2) is 19.7 Å². The zero-order chi connectivity index (χ0) is 16.7. The number of rotatable bonds is 3. The summed E-state index contributed by atoms with van der Waals surface area (Å²) >= 11 is 0. The van der Waals surface area contributed by atoms with E-state index < -0.39 is 0 Å². The summed E-state index contributed by atoms with van der Waals surface area (Å²) in [5.74, 6) is 0.420. The summed E-state index contributed by atoms with van der Waals surface area (Å²) in [5, 5.41) is 4.02. The predicted molar refractivity (Wildman–Crippen MR) is 88.8 cm³/mol. The van der Waals surface area contributed by atoms with Gasteiger partial charge in [-0.05, 0) is 50.2 Å². The van der Waals surface area contributed by atoms with Crippen LogP contribution in [0.5, 0.6) is 0 Å². The minimum absolute atomic E-state index is 0.293. The first kappa shape index (κ1) is 14.6. The lowest BCUT2D eigenvalue weighted by molar-refractivity contribution is 0.432. The average molecular weight is 322 g/mol. The van der Waals surface area contributed by atoms with E-state index in [1.54, 1.807) is 12.1 Å². The van der Waals surface area contributed by atoms with Crippen molar-refractivity contribution in [1.29, 1.82) is 0 Å². The van der Waals surface area contributed by atoms with E-state index in [2.05, 4.69) is 33.5 Å². The Hall–Kier alpha value is -3.02. The molecule has 0 saturated heterocycles. The average Bonchev–Trinajstić information content (AvgIpc) is 3.21. The van der Waals surface area contributed by atoms with Gasteiger partial charge >= 0.3 is 0 Å². The van der Waals surface area contributed by atoms with Crippen LogP contribution in [0.25, 0.3) is 33.9 Å². The molecule has 0 amide bonds. The van der Waals surface area contributed by atoms with E-state index in [9.17, 15) is 4.39 Å². The molecule has 0 bridgehead atoms. The number of nitrogens with zero attached hydrogens (tertiary/aromatic N) is 4. The number of aromatic nitrogens is 4. The Labute approximate surface area is 137 Å². The van der Waals surface area contributed by atoms with Crippen molar-refractivity contribution in [3.63, 3.8) is 0 Å². The molecule has 4 rings (SSSR count). The standard InChI is InChI=1S/C18H15FN4O/c1-11(2)23-10-20-15-7-6-12(9-16(15)23)17-21-18(24-22-17)13-4-3-5-14(19)8-13/h3-11H,1-2H3. The van der Waals surface area contributed by atoms with Gasteiger partial charge in [-0.25, -0.2) is 9.37 Å². The van der Waals surface area contributed by atoms with Crippen LogP contribution in [0.4, 0.5) is 4.39 Å². The van der Waals surface area contributed by atoms with Crippen LogP contribution in [0.3, 0.4) is 0 Å². The topological polar surface area (TPSA) is 56.7 Å². The van der Waals surface area contributed by atoms with E-state index in [1.165, 1.54) is 12.1 Å². The largest absolute Gasteiger partial charge is 0.334 e. The van der Waals surface area contributed by atoms with Gasteiger partial charge in [-0.15, -0.1) is 0 Å². The minimum atomic E-state index is -0.338. The van der Waals surface area contributed by atoms with E-state index in [-0.39, 0.29) is 5.82 Å². The van der Waals surface area contributed by atoms with Crippen LogP contribution in [0.15, 0.2) is 53.3 Å². The monoisotopic (exact) mass is 322 g/mol. The Balaban J connectivity index is 1.77. The van der Waals surface area contributed by atoms with Gasteiger partial charge in [-0.3, -0.25) is 0 Å². The van der Waals surface area contributed by atoms with Crippen molar-refractivity contribution in [2.45, 2.75) is 19.9 Å². The summed E-state index contributed by atoms with van der Waals surface area (Å²) < 4.78 is 20.7. The van der Waals surface area contributed by atoms with Gasteiger partial charge in [0.25, 0.3) is 5.89 Å². The molecule has 0 aliphatic carbocycles. The highest BCUT2D eigenvalue weighted by Gasteiger charge is 2.13. The molecule has 2 aromatic carbocycles. The first-order valence-corrected chi connectivity index (χ1v) is 7.68. The molecule has 0 aliphatic heterocycles. The van der Waals surface area contributed by atoms with Crippen LogP contribution in [0.1, 0.15) is 19.9 Å². The van der Waals surface area contributed by atoms with Crippen LogP contribution >= 0.6 is 0 Å². The molecular formula is C18H15FN4O. The highest BCUT2D eigenvalue weighted by Crippen LogP contribution is 2.26. The summed E-state index contributed by atoms with van der Waals surface area (Å²) in [6.45, 7) is 4.20. The summed E-state index contributed by atoms with van der Waals surface area (Å²) in [6, 6.07) is 12.2. The first-order valence-electron chi connectivity index (χ1n) is 7.68. The quantitative estimate of drug-likeness (QED) is 0.558. The molecule has 0 fully saturated rings. The summed E-state index contributed by atoms with van der Waals surface area (Å²) in [5.41, 5.74) is 3.32. The number of imidazole rings is 1. The lowest BCUT2D eigenvalue weighted by Gasteiger charge is -2.07. The second-order valence-corrected chi connectivity index (χ2v) is 5.88. The Morgan fingerprint density at radius 3 is 2.75 bits per heavy atom.